The highest BCUT2D eigenvalue weighted by molar-refractivity contribution is 5.38. The van der Waals surface area contributed by atoms with Gasteiger partial charge in [-0.25, -0.2) is 0 Å². The van der Waals surface area contributed by atoms with E-state index in [0.717, 1.165) is 56.8 Å². The molecule has 0 bridgehead atoms. The molecular formula is C18H25N5O. The van der Waals surface area contributed by atoms with Crippen molar-refractivity contribution in [3.8, 4) is 0 Å². The van der Waals surface area contributed by atoms with Crippen LogP contribution in [0, 0.1) is 0 Å². The smallest absolute Gasteiger partial charge is 0.177 e. The van der Waals surface area contributed by atoms with Crippen LogP contribution in [-0.4, -0.2) is 55.1 Å². The fourth-order valence-electron chi connectivity index (χ4n) is 4.18. The Morgan fingerprint density at radius 1 is 1.04 bits per heavy atom. The maximum absolute atomic E-state index is 10.4. The first-order valence-electron chi connectivity index (χ1n) is 9.37. The van der Waals surface area contributed by atoms with Gasteiger partial charge >= 0.3 is 0 Å². The van der Waals surface area contributed by atoms with Crippen molar-refractivity contribution in [1.29, 1.82) is 0 Å². The van der Waals surface area contributed by atoms with E-state index in [1.807, 2.05) is 4.52 Å². The van der Waals surface area contributed by atoms with Crippen LogP contribution in [0.25, 0.3) is 5.65 Å². The first-order chi connectivity index (χ1) is 11.7. The summed E-state index contributed by atoms with van der Waals surface area (Å²) in [6.07, 6.45) is 7.78. The fraction of sp³-hybridized carbons (Fsp3) is 0.722. The van der Waals surface area contributed by atoms with Crippen molar-refractivity contribution in [2.24, 2.45) is 0 Å². The van der Waals surface area contributed by atoms with Crippen LogP contribution in [0.15, 0.2) is 12.1 Å². The Morgan fingerprint density at radius 2 is 1.83 bits per heavy atom. The number of hydrogen-bond donors (Lipinski definition) is 1. The van der Waals surface area contributed by atoms with Gasteiger partial charge < -0.3 is 10.0 Å². The normalized spacial score (nSPS) is 25.0. The van der Waals surface area contributed by atoms with Crippen molar-refractivity contribution < 1.29 is 5.11 Å². The first kappa shape index (κ1) is 14.8. The molecular weight excluding hydrogens is 302 g/mol. The number of likely N-dealkylation sites (tertiary alicyclic amines) is 1. The van der Waals surface area contributed by atoms with Crippen LogP contribution in [0.4, 0.5) is 0 Å². The summed E-state index contributed by atoms with van der Waals surface area (Å²) in [7, 11) is 0. The minimum absolute atomic E-state index is 0.408. The van der Waals surface area contributed by atoms with E-state index in [0.29, 0.717) is 11.8 Å². The number of piperidine rings is 1. The van der Waals surface area contributed by atoms with Crippen LogP contribution in [0.3, 0.4) is 0 Å². The lowest BCUT2D eigenvalue weighted by molar-refractivity contribution is -0.0623. The van der Waals surface area contributed by atoms with Crippen molar-refractivity contribution in [1.82, 2.24) is 24.7 Å². The lowest BCUT2D eigenvalue weighted by Crippen LogP contribution is -2.49. The molecule has 1 aliphatic heterocycles. The van der Waals surface area contributed by atoms with Gasteiger partial charge in [0.05, 0.1) is 11.3 Å². The average Bonchev–Trinajstić information content (AvgIpc) is 3.34. The molecule has 1 saturated heterocycles. The van der Waals surface area contributed by atoms with Crippen molar-refractivity contribution in [2.45, 2.75) is 62.4 Å². The molecule has 3 fully saturated rings. The molecule has 24 heavy (non-hydrogen) atoms. The minimum atomic E-state index is -0.408. The summed E-state index contributed by atoms with van der Waals surface area (Å²) in [6.45, 7) is 2.90. The fourth-order valence-corrected chi connectivity index (χ4v) is 4.18. The van der Waals surface area contributed by atoms with Crippen LogP contribution in [0.2, 0.25) is 0 Å². The second kappa shape index (κ2) is 5.49. The molecule has 2 aromatic heterocycles. The Labute approximate surface area is 141 Å². The van der Waals surface area contributed by atoms with Crippen LogP contribution >= 0.6 is 0 Å². The molecule has 5 rings (SSSR count). The molecule has 0 radical (unpaired) electrons. The van der Waals surface area contributed by atoms with E-state index in [2.05, 4.69) is 27.2 Å². The monoisotopic (exact) mass is 327 g/mol. The van der Waals surface area contributed by atoms with Crippen LogP contribution in [-0.2, 0) is 0 Å². The van der Waals surface area contributed by atoms with Crippen LogP contribution in [0.1, 0.15) is 68.3 Å². The lowest BCUT2D eigenvalue weighted by atomic mass is 9.79. The molecule has 0 atom stereocenters. The Bertz CT molecular complexity index is 741. The van der Waals surface area contributed by atoms with E-state index in [4.69, 9.17) is 5.10 Å². The average molecular weight is 327 g/mol. The Balaban J connectivity index is 1.30. The highest BCUT2D eigenvalue weighted by Crippen LogP contribution is 2.39. The third kappa shape index (κ3) is 2.62. The summed E-state index contributed by atoms with van der Waals surface area (Å²) in [6, 6.07) is 4.16. The first-order valence-corrected chi connectivity index (χ1v) is 9.37. The van der Waals surface area contributed by atoms with Gasteiger partial charge in [-0.2, -0.15) is 9.61 Å². The van der Waals surface area contributed by atoms with Gasteiger partial charge in [0.25, 0.3) is 0 Å². The molecule has 3 heterocycles. The summed E-state index contributed by atoms with van der Waals surface area (Å²) in [4.78, 5) is 2.42. The van der Waals surface area contributed by atoms with Gasteiger partial charge in [0.1, 0.15) is 0 Å². The number of hydrogen-bond acceptors (Lipinski definition) is 5. The summed E-state index contributed by atoms with van der Waals surface area (Å²) in [5.41, 5.74) is 1.64. The minimum Gasteiger partial charge on any atom is -0.389 e. The van der Waals surface area contributed by atoms with Crippen molar-refractivity contribution in [3.63, 3.8) is 0 Å². The molecule has 0 amide bonds. The third-order valence-electron chi connectivity index (χ3n) is 6.06. The topological polar surface area (TPSA) is 66.5 Å². The van der Waals surface area contributed by atoms with Gasteiger partial charge in [0.15, 0.2) is 11.5 Å². The highest BCUT2D eigenvalue weighted by atomic mass is 16.3. The van der Waals surface area contributed by atoms with Crippen molar-refractivity contribution in [2.75, 3.05) is 19.6 Å². The number of fused-ring (bicyclic) bond motifs is 1. The summed E-state index contributed by atoms with van der Waals surface area (Å²) >= 11 is 0. The third-order valence-corrected chi connectivity index (χ3v) is 6.06. The number of aromatic nitrogens is 4. The molecule has 6 heteroatoms. The number of nitrogens with zero attached hydrogens (tertiary/aromatic N) is 5. The van der Waals surface area contributed by atoms with E-state index in [1.165, 1.54) is 25.0 Å². The maximum Gasteiger partial charge on any atom is 0.177 e. The summed E-state index contributed by atoms with van der Waals surface area (Å²) in [5.74, 6) is 2.10. The number of β-amino-alcohol motifs (C(OH)–C–C–N with tert-alkyl or cyclic N) is 1. The maximum atomic E-state index is 10.4. The van der Waals surface area contributed by atoms with E-state index in [9.17, 15) is 5.11 Å². The second-order valence-corrected chi connectivity index (χ2v) is 7.99. The predicted octanol–water partition coefficient (Wildman–Crippen LogP) is 2.10. The van der Waals surface area contributed by atoms with Gasteiger partial charge in [-0.1, -0.05) is 0 Å². The molecule has 2 aromatic rings. The lowest BCUT2D eigenvalue weighted by Gasteiger charge is -2.42. The SMILES string of the molecule is OC1(CN2CCC(c3nnc4ccc(C5CC5)nn34)CC2)CCC1. The van der Waals surface area contributed by atoms with E-state index in [-0.39, 0.29) is 0 Å². The van der Waals surface area contributed by atoms with Crippen molar-refractivity contribution >= 4 is 5.65 Å². The van der Waals surface area contributed by atoms with Gasteiger partial charge in [0, 0.05) is 18.4 Å². The highest BCUT2D eigenvalue weighted by Gasteiger charge is 2.37. The van der Waals surface area contributed by atoms with Crippen LogP contribution < -0.4 is 0 Å². The zero-order valence-electron chi connectivity index (χ0n) is 14.1. The zero-order valence-corrected chi connectivity index (χ0v) is 14.1. The van der Waals surface area contributed by atoms with Gasteiger partial charge in [-0.3, -0.25) is 0 Å². The van der Waals surface area contributed by atoms with Crippen molar-refractivity contribution in [3.05, 3.63) is 23.7 Å². The summed E-state index contributed by atoms with van der Waals surface area (Å²) in [5, 5.41) is 23.9. The second-order valence-electron chi connectivity index (χ2n) is 7.99. The van der Waals surface area contributed by atoms with Gasteiger partial charge in [-0.15, -0.1) is 10.2 Å². The van der Waals surface area contributed by atoms with Gasteiger partial charge in [-0.05, 0) is 70.2 Å². The molecule has 2 aliphatic carbocycles. The molecule has 0 aromatic carbocycles. The zero-order chi connectivity index (χ0) is 16.1. The molecule has 128 valence electrons. The molecule has 0 unspecified atom stereocenters. The predicted molar refractivity (Wildman–Crippen MR) is 90.0 cm³/mol. The Hall–Kier alpha value is -1.53. The molecule has 3 aliphatic rings. The van der Waals surface area contributed by atoms with E-state index in [1.54, 1.807) is 0 Å². The molecule has 6 nitrogen and oxygen atoms in total. The number of rotatable bonds is 4. The standard InChI is InChI=1S/C18H25N5O/c24-18(8-1-9-18)12-22-10-6-14(7-11-22)17-20-19-16-5-4-15(13-2-3-13)21-23(16)17/h4-5,13-14,24H,1-3,6-12H2. The largest absolute Gasteiger partial charge is 0.389 e. The molecule has 2 saturated carbocycles. The van der Waals surface area contributed by atoms with E-state index < -0.39 is 5.60 Å². The molecule has 1 N–H and O–H groups in total. The number of aliphatic hydroxyl groups is 1. The summed E-state index contributed by atoms with van der Waals surface area (Å²) < 4.78 is 1.98. The molecule has 0 spiro atoms. The van der Waals surface area contributed by atoms with E-state index >= 15 is 0 Å². The Morgan fingerprint density at radius 3 is 2.50 bits per heavy atom. The van der Waals surface area contributed by atoms with Gasteiger partial charge in [0.2, 0.25) is 0 Å². The Kier molecular flexibility index (Phi) is 3.38. The quantitative estimate of drug-likeness (QED) is 0.931. The van der Waals surface area contributed by atoms with Crippen LogP contribution in [0.5, 0.6) is 0 Å².